The molecule has 1 aromatic heterocycles. The number of nitrogens with one attached hydrogen (secondary N) is 2. The number of aromatic nitrogens is 1. The third-order valence-corrected chi connectivity index (χ3v) is 5.44. The summed E-state index contributed by atoms with van der Waals surface area (Å²) in [4.78, 5) is 11.6. The number of ether oxygens (including phenoxy) is 1. The van der Waals surface area contributed by atoms with Gasteiger partial charge < -0.3 is 20.3 Å². The minimum atomic E-state index is -0.199. The Labute approximate surface area is 205 Å². The molecule has 0 aliphatic carbocycles. The van der Waals surface area contributed by atoms with Gasteiger partial charge in [-0.05, 0) is 42.5 Å². The van der Waals surface area contributed by atoms with Crippen molar-refractivity contribution < 1.29 is 9.13 Å². The molecule has 31 heavy (non-hydrogen) atoms. The number of morpholine rings is 1. The first-order valence-corrected chi connectivity index (χ1v) is 11.7. The Morgan fingerprint density at radius 2 is 2.00 bits per heavy atom. The number of guanidine groups is 1. The van der Waals surface area contributed by atoms with E-state index in [0.29, 0.717) is 13.1 Å². The smallest absolute Gasteiger partial charge is 0.191 e. The van der Waals surface area contributed by atoms with Gasteiger partial charge in [0.1, 0.15) is 11.6 Å². The van der Waals surface area contributed by atoms with Crippen molar-refractivity contribution in [2.24, 2.45) is 4.99 Å². The van der Waals surface area contributed by atoms with Gasteiger partial charge in [-0.2, -0.15) is 11.8 Å². The van der Waals surface area contributed by atoms with E-state index in [-0.39, 0.29) is 29.8 Å². The van der Waals surface area contributed by atoms with Crippen LogP contribution in [0.1, 0.15) is 23.6 Å². The van der Waals surface area contributed by atoms with Crippen LogP contribution in [0.25, 0.3) is 0 Å². The molecule has 0 amide bonds. The molecular formula is C22H31FIN5OS. The minimum Gasteiger partial charge on any atom is -0.378 e. The third kappa shape index (κ3) is 7.80. The lowest BCUT2D eigenvalue weighted by molar-refractivity contribution is 0.122. The largest absolute Gasteiger partial charge is 0.378 e. The molecule has 9 heteroatoms. The Morgan fingerprint density at radius 1 is 1.19 bits per heavy atom. The zero-order valence-electron chi connectivity index (χ0n) is 18.1. The second kappa shape index (κ2) is 13.7. The number of pyridine rings is 1. The molecule has 1 aliphatic rings. The van der Waals surface area contributed by atoms with Crippen molar-refractivity contribution in [1.82, 2.24) is 15.6 Å². The number of hydrogen-bond donors (Lipinski definition) is 2. The van der Waals surface area contributed by atoms with Gasteiger partial charge in [0, 0.05) is 43.7 Å². The molecule has 1 saturated heterocycles. The van der Waals surface area contributed by atoms with Crippen LogP contribution in [-0.4, -0.2) is 50.0 Å². The quantitative estimate of drug-likeness (QED) is 0.292. The van der Waals surface area contributed by atoms with Crippen molar-refractivity contribution in [3.63, 3.8) is 0 Å². The normalized spacial score (nSPS) is 14.2. The van der Waals surface area contributed by atoms with Gasteiger partial charge in [-0.25, -0.2) is 14.4 Å². The van der Waals surface area contributed by atoms with Crippen molar-refractivity contribution in [2.45, 2.75) is 25.8 Å². The van der Waals surface area contributed by atoms with Gasteiger partial charge in [0.05, 0.1) is 19.8 Å². The molecule has 2 aromatic rings. The molecule has 6 nitrogen and oxygen atoms in total. The van der Waals surface area contributed by atoms with E-state index in [1.165, 1.54) is 6.07 Å². The fourth-order valence-electron chi connectivity index (χ4n) is 3.36. The summed E-state index contributed by atoms with van der Waals surface area (Å²) in [6, 6.07) is 8.98. The molecule has 1 aromatic carbocycles. The zero-order chi connectivity index (χ0) is 21.2. The van der Waals surface area contributed by atoms with Crippen LogP contribution in [0, 0.1) is 5.82 Å². The number of benzene rings is 1. The summed E-state index contributed by atoms with van der Waals surface area (Å²) in [6.45, 7) is 7.04. The summed E-state index contributed by atoms with van der Waals surface area (Å²) in [5.74, 6) is 2.28. The maximum Gasteiger partial charge on any atom is 0.191 e. The number of rotatable bonds is 8. The molecule has 0 spiro atoms. The van der Waals surface area contributed by atoms with Crippen LogP contribution in [0.5, 0.6) is 0 Å². The van der Waals surface area contributed by atoms with Crippen molar-refractivity contribution in [3.8, 4) is 0 Å². The van der Waals surface area contributed by atoms with Crippen LogP contribution in [0.4, 0.5) is 10.2 Å². The highest BCUT2D eigenvalue weighted by molar-refractivity contribution is 14.0. The molecule has 2 N–H and O–H groups in total. The summed E-state index contributed by atoms with van der Waals surface area (Å²) >= 11 is 1.68. The van der Waals surface area contributed by atoms with Gasteiger partial charge >= 0.3 is 0 Å². The molecule has 0 unspecified atom stereocenters. The first-order valence-electron chi connectivity index (χ1n) is 10.3. The zero-order valence-corrected chi connectivity index (χ0v) is 21.2. The summed E-state index contributed by atoms with van der Waals surface area (Å²) in [5, 5.41) is 6.67. The fourth-order valence-corrected chi connectivity index (χ4v) is 3.94. The minimum absolute atomic E-state index is 0. The highest BCUT2D eigenvalue weighted by Crippen LogP contribution is 2.19. The average Bonchev–Trinajstić information content (AvgIpc) is 2.78. The fraction of sp³-hybridized carbons (Fsp3) is 0.455. The number of thioether (sulfide) groups is 1. The maximum atomic E-state index is 13.6. The number of anilines is 1. The highest BCUT2D eigenvalue weighted by Gasteiger charge is 2.15. The van der Waals surface area contributed by atoms with Crippen LogP contribution in [0.2, 0.25) is 0 Å². The molecule has 3 rings (SSSR count). The molecule has 170 valence electrons. The molecule has 0 bridgehead atoms. The standard InChI is InChI=1S/C22H30FN5OS.HI/c1-3-24-22(26-14-17-6-7-20(23)13-19(17)16-30-2)27-15-18-5-4-8-25-21(18)28-9-11-29-12-10-28;/h4-8,13H,3,9-12,14-16H2,1-2H3,(H2,24,26,27);1H. The van der Waals surface area contributed by atoms with Crippen molar-refractivity contribution in [1.29, 1.82) is 0 Å². The van der Waals surface area contributed by atoms with Crippen LogP contribution in [0.3, 0.4) is 0 Å². The summed E-state index contributed by atoms with van der Waals surface area (Å²) in [6.07, 6.45) is 3.84. The number of aliphatic imine (C=N–C) groups is 1. The van der Waals surface area contributed by atoms with Crippen LogP contribution >= 0.6 is 35.7 Å². The van der Waals surface area contributed by atoms with Gasteiger partial charge in [-0.3, -0.25) is 0 Å². The van der Waals surface area contributed by atoms with E-state index in [4.69, 9.17) is 9.73 Å². The summed E-state index contributed by atoms with van der Waals surface area (Å²) in [7, 11) is 0. The Kier molecular flexibility index (Phi) is 11.4. The lowest BCUT2D eigenvalue weighted by atomic mass is 10.1. The van der Waals surface area contributed by atoms with E-state index in [0.717, 1.165) is 67.1 Å². The Bertz CT molecular complexity index is 848. The van der Waals surface area contributed by atoms with E-state index >= 15 is 0 Å². The lowest BCUT2D eigenvalue weighted by Gasteiger charge is -2.29. The molecule has 0 radical (unpaired) electrons. The van der Waals surface area contributed by atoms with Crippen LogP contribution in [-0.2, 0) is 23.6 Å². The predicted molar refractivity (Wildman–Crippen MR) is 138 cm³/mol. The second-order valence-electron chi connectivity index (χ2n) is 6.98. The number of halogens is 2. The Hall–Kier alpha value is -1.59. The van der Waals surface area contributed by atoms with Gasteiger partial charge in [-0.1, -0.05) is 12.1 Å². The number of nitrogens with zero attached hydrogens (tertiary/aromatic N) is 3. The number of hydrogen-bond acceptors (Lipinski definition) is 5. The van der Waals surface area contributed by atoms with Crippen molar-refractivity contribution in [2.75, 3.05) is 44.0 Å². The SMILES string of the molecule is CCNC(=NCc1cccnc1N1CCOCC1)NCc1ccc(F)cc1CSC.I. The Balaban J connectivity index is 0.00000341. The molecule has 0 atom stereocenters. The average molecular weight is 559 g/mol. The maximum absolute atomic E-state index is 13.6. The van der Waals surface area contributed by atoms with Gasteiger partial charge in [-0.15, -0.1) is 24.0 Å². The first kappa shape index (κ1) is 25.7. The molecular weight excluding hydrogens is 528 g/mol. The van der Waals surface area contributed by atoms with Crippen LogP contribution in [0.15, 0.2) is 41.5 Å². The van der Waals surface area contributed by atoms with E-state index in [1.54, 1.807) is 17.8 Å². The molecule has 1 aliphatic heterocycles. The van der Waals surface area contributed by atoms with E-state index < -0.39 is 0 Å². The van der Waals surface area contributed by atoms with Crippen molar-refractivity contribution >= 4 is 47.5 Å². The highest BCUT2D eigenvalue weighted by atomic mass is 127. The van der Waals surface area contributed by atoms with Gasteiger partial charge in [0.15, 0.2) is 5.96 Å². The molecule has 0 saturated carbocycles. The lowest BCUT2D eigenvalue weighted by Crippen LogP contribution is -2.38. The first-order chi connectivity index (χ1) is 14.7. The van der Waals surface area contributed by atoms with Gasteiger partial charge in [0.25, 0.3) is 0 Å². The van der Waals surface area contributed by atoms with E-state index in [1.807, 2.05) is 31.5 Å². The Morgan fingerprint density at radius 3 is 2.74 bits per heavy atom. The topological polar surface area (TPSA) is 61.8 Å². The van der Waals surface area contributed by atoms with E-state index in [9.17, 15) is 4.39 Å². The molecule has 1 fully saturated rings. The monoisotopic (exact) mass is 559 g/mol. The van der Waals surface area contributed by atoms with Crippen molar-refractivity contribution in [3.05, 3.63) is 59.0 Å². The molecule has 2 heterocycles. The van der Waals surface area contributed by atoms with Gasteiger partial charge in [0.2, 0.25) is 0 Å². The second-order valence-corrected chi connectivity index (χ2v) is 7.85. The van der Waals surface area contributed by atoms with Crippen LogP contribution < -0.4 is 15.5 Å². The third-order valence-electron chi connectivity index (χ3n) is 4.84. The summed E-state index contributed by atoms with van der Waals surface area (Å²) < 4.78 is 19.1. The predicted octanol–water partition coefficient (Wildman–Crippen LogP) is 3.79. The summed E-state index contributed by atoms with van der Waals surface area (Å²) in [5.41, 5.74) is 3.17. The van der Waals surface area contributed by atoms with E-state index in [2.05, 4.69) is 26.6 Å².